The molecule has 0 radical (unpaired) electrons. The number of hydrogen-bond donors (Lipinski definition) is 1. The van der Waals surface area contributed by atoms with Gasteiger partial charge in [0.25, 0.3) is 0 Å². The summed E-state index contributed by atoms with van der Waals surface area (Å²) in [6.45, 7) is 0.871. The molecule has 0 spiro atoms. The Hall–Kier alpha value is -4.24. The highest BCUT2D eigenvalue weighted by Gasteiger charge is 2.35. The molecule has 1 aliphatic carbocycles. The summed E-state index contributed by atoms with van der Waals surface area (Å²) in [4.78, 5) is 3.76. The molecule has 1 aliphatic rings. The molecule has 0 saturated heterocycles. The Balaban J connectivity index is 1.42. The first kappa shape index (κ1) is 22.0. The Morgan fingerprint density at radius 2 is 1.54 bits per heavy atom. The van der Waals surface area contributed by atoms with E-state index in [0.717, 1.165) is 25.1 Å². The van der Waals surface area contributed by atoms with Crippen molar-refractivity contribution in [1.29, 1.82) is 0 Å². The van der Waals surface area contributed by atoms with Gasteiger partial charge in [-0.15, -0.1) is 0 Å². The molecule has 0 unspecified atom stereocenters. The lowest BCUT2D eigenvalue weighted by atomic mass is 9.73. The zero-order chi connectivity index (χ0) is 24.8. The quantitative estimate of drug-likeness (QED) is 0.266. The lowest BCUT2D eigenvalue weighted by Crippen LogP contribution is -2.24. The number of para-hydroxylation sites is 1. The number of aromatic amines is 1. The van der Waals surface area contributed by atoms with Crippen LogP contribution >= 0.6 is 0 Å². The molecule has 0 amide bonds. The highest BCUT2D eigenvalue weighted by molar-refractivity contribution is 5.87. The topological polar surface area (TPSA) is 29.9 Å². The first-order chi connectivity index (χ1) is 18.3. The van der Waals surface area contributed by atoms with Crippen LogP contribution in [0, 0.1) is 0 Å². The molecule has 4 aromatic carbocycles. The maximum absolute atomic E-state index is 5.59. The van der Waals surface area contributed by atoms with E-state index in [2.05, 4.69) is 113 Å². The van der Waals surface area contributed by atoms with Gasteiger partial charge in [0, 0.05) is 40.3 Å². The smallest absolute Gasteiger partial charge is 0.119 e. The van der Waals surface area contributed by atoms with Crippen molar-refractivity contribution in [3.8, 4) is 5.75 Å². The number of methoxy groups -OCH3 is 1. The van der Waals surface area contributed by atoms with E-state index in [1.54, 1.807) is 7.11 Å². The lowest BCUT2D eigenvalue weighted by molar-refractivity contribution is 0.415. The molecule has 37 heavy (non-hydrogen) atoms. The number of fused-ring (bicyclic) bond motifs is 4. The number of aromatic nitrogens is 2. The first-order valence-electron chi connectivity index (χ1n) is 13.1. The van der Waals surface area contributed by atoms with Crippen LogP contribution in [-0.2, 0) is 19.4 Å². The number of hydrogen-bond acceptors (Lipinski definition) is 1. The average molecular weight is 483 g/mol. The molecule has 6 aromatic rings. The van der Waals surface area contributed by atoms with Gasteiger partial charge in [0.2, 0.25) is 0 Å². The van der Waals surface area contributed by atoms with Gasteiger partial charge in [0.15, 0.2) is 0 Å². The summed E-state index contributed by atoms with van der Waals surface area (Å²) in [7, 11) is 1.75. The lowest BCUT2D eigenvalue weighted by Gasteiger charge is -2.33. The van der Waals surface area contributed by atoms with Crippen LogP contribution in [0.1, 0.15) is 39.9 Å². The number of nitrogens with one attached hydrogen (secondary N) is 1. The largest absolute Gasteiger partial charge is 0.497 e. The highest BCUT2D eigenvalue weighted by atomic mass is 16.5. The Bertz CT molecular complexity index is 1690. The second-order valence-electron chi connectivity index (χ2n) is 10.2. The molecule has 3 nitrogen and oxygen atoms in total. The SMILES string of the molecule is COc1ccc2[nH]c3c(c2c1)C[C@H](c1cc2ccccc2n1Cc1ccccc1)[C@H](c1ccccc1)C3. The predicted octanol–water partition coefficient (Wildman–Crippen LogP) is 7.85. The van der Waals surface area contributed by atoms with Gasteiger partial charge in [-0.25, -0.2) is 0 Å². The van der Waals surface area contributed by atoms with E-state index in [-0.39, 0.29) is 0 Å². The molecular formula is C34H30N2O. The van der Waals surface area contributed by atoms with Crippen molar-refractivity contribution >= 4 is 21.8 Å². The third-order valence-corrected chi connectivity index (χ3v) is 8.17. The normalized spacial score (nSPS) is 17.2. The average Bonchev–Trinajstić information content (AvgIpc) is 3.50. The molecule has 3 heteroatoms. The molecule has 0 fully saturated rings. The molecule has 182 valence electrons. The fraction of sp³-hybridized carbons (Fsp3) is 0.176. The van der Waals surface area contributed by atoms with Gasteiger partial charge in [-0.3, -0.25) is 0 Å². The number of nitrogens with zero attached hydrogens (tertiary/aromatic N) is 1. The summed E-state index contributed by atoms with van der Waals surface area (Å²) in [5, 5.41) is 2.60. The van der Waals surface area contributed by atoms with Crippen LogP contribution in [0.5, 0.6) is 5.75 Å². The molecule has 0 bridgehead atoms. The van der Waals surface area contributed by atoms with Crippen molar-refractivity contribution in [3.05, 3.63) is 137 Å². The molecule has 2 aromatic heterocycles. The van der Waals surface area contributed by atoms with Crippen molar-refractivity contribution in [2.75, 3.05) is 7.11 Å². The van der Waals surface area contributed by atoms with Crippen LogP contribution in [0.4, 0.5) is 0 Å². The fourth-order valence-corrected chi connectivity index (χ4v) is 6.38. The maximum Gasteiger partial charge on any atom is 0.119 e. The number of ether oxygens (including phenoxy) is 1. The van der Waals surface area contributed by atoms with E-state index in [4.69, 9.17) is 4.74 Å². The maximum atomic E-state index is 5.59. The summed E-state index contributed by atoms with van der Waals surface area (Å²) >= 11 is 0. The third-order valence-electron chi connectivity index (χ3n) is 8.17. The van der Waals surface area contributed by atoms with Gasteiger partial charge in [-0.05, 0) is 71.2 Å². The Kier molecular flexibility index (Phi) is 5.35. The van der Waals surface area contributed by atoms with Crippen LogP contribution in [0.25, 0.3) is 21.8 Å². The molecule has 0 aliphatic heterocycles. The Morgan fingerprint density at radius 1 is 0.784 bits per heavy atom. The second kappa shape index (κ2) is 9.01. The minimum Gasteiger partial charge on any atom is -0.497 e. The minimum absolute atomic E-state index is 0.358. The van der Waals surface area contributed by atoms with Gasteiger partial charge in [0.1, 0.15) is 5.75 Å². The third kappa shape index (κ3) is 3.82. The number of H-pyrrole nitrogens is 1. The van der Waals surface area contributed by atoms with Crippen molar-refractivity contribution < 1.29 is 4.74 Å². The van der Waals surface area contributed by atoms with Gasteiger partial charge in [-0.2, -0.15) is 0 Å². The van der Waals surface area contributed by atoms with Crippen molar-refractivity contribution in [2.24, 2.45) is 0 Å². The standard InChI is InChI=1S/C34H30N2O/c1-37-26-16-17-31-28(19-26)29-20-30(27(21-32(29)35-31)24-12-6-3-7-13-24)34-18-25-14-8-9-15-33(25)36(34)22-23-10-4-2-5-11-23/h2-19,27,30,35H,20-22H2,1H3/t27-,30-/m0/s1. The zero-order valence-electron chi connectivity index (χ0n) is 21.0. The summed E-state index contributed by atoms with van der Waals surface area (Å²) in [6.07, 6.45) is 1.99. The fourth-order valence-electron chi connectivity index (χ4n) is 6.38. The van der Waals surface area contributed by atoms with E-state index in [1.807, 2.05) is 6.07 Å². The summed E-state index contributed by atoms with van der Waals surface area (Å²) in [6, 6.07) is 39.6. The monoisotopic (exact) mass is 482 g/mol. The van der Waals surface area contributed by atoms with E-state index in [1.165, 1.54) is 49.9 Å². The summed E-state index contributed by atoms with van der Waals surface area (Å²) in [5.41, 5.74) is 9.45. The van der Waals surface area contributed by atoms with Crippen molar-refractivity contribution in [3.63, 3.8) is 0 Å². The van der Waals surface area contributed by atoms with E-state index >= 15 is 0 Å². The Labute approximate surface area is 217 Å². The van der Waals surface area contributed by atoms with Crippen LogP contribution in [0.3, 0.4) is 0 Å². The molecule has 1 N–H and O–H groups in total. The van der Waals surface area contributed by atoms with E-state index < -0.39 is 0 Å². The number of benzene rings is 4. The highest BCUT2D eigenvalue weighted by Crippen LogP contribution is 2.46. The first-order valence-corrected chi connectivity index (χ1v) is 13.1. The summed E-state index contributed by atoms with van der Waals surface area (Å²) in [5.74, 6) is 1.66. The van der Waals surface area contributed by atoms with Crippen LogP contribution in [0.15, 0.2) is 109 Å². The zero-order valence-corrected chi connectivity index (χ0v) is 21.0. The van der Waals surface area contributed by atoms with Gasteiger partial charge in [-0.1, -0.05) is 78.9 Å². The molecule has 0 saturated carbocycles. The van der Waals surface area contributed by atoms with Crippen molar-refractivity contribution in [1.82, 2.24) is 9.55 Å². The van der Waals surface area contributed by atoms with Crippen LogP contribution in [-0.4, -0.2) is 16.7 Å². The molecule has 2 heterocycles. The van der Waals surface area contributed by atoms with E-state index in [0.29, 0.717) is 11.8 Å². The van der Waals surface area contributed by atoms with E-state index in [9.17, 15) is 0 Å². The molecular weight excluding hydrogens is 452 g/mol. The molecule has 2 atom stereocenters. The van der Waals surface area contributed by atoms with Gasteiger partial charge >= 0.3 is 0 Å². The predicted molar refractivity (Wildman–Crippen MR) is 152 cm³/mol. The minimum atomic E-state index is 0.358. The van der Waals surface area contributed by atoms with Crippen LogP contribution < -0.4 is 4.74 Å². The Morgan fingerprint density at radius 3 is 2.35 bits per heavy atom. The summed E-state index contributed by atoms with van der Waals surface area (Å²) < 4.78 is 8.15. The van der Waals surface area contributed by atoms with Gasteiger partial charge < -0.3 is 14.3 Å². The van der Waals surface area contributed by atoms with Crippen LogP contribution in [0.2, 0.25) is 0 Å². The molecule has 7 rings (SSSR count). The number of rotatable bonds is 5. The van der Waals surface area contributed by atoms with Gasteiger partial charge in [0.05, 0.1) is 7.11 Å². The van der Waals surface area contributed by atoms with Crippen molar-refractivity contribution in [2.45, 2.75) is 31.2 Å². The second-order valence-corrected chi connectivity index (χ2v) is 10.2.